The van der Waals surface area contributed by atoms with Crippen LogP contribution in [0.4, 0.5) is 5.69 Å². The normalized spacial score (nSPS) is 10.9. The molecule has 0 aliphatic carbocycles. The SMILES string of the molecule is O=C(NCc1cccc(NC(=O)c2ccco2)c1)c1ccc(CSc2nc3ccccc3[nH]2)cc1. The van der Waals surface area contributed by atoms with Crippen LogP contribution in [0.15, 0.2) is 101 Å². The summed E-state index contributed by atoms with van der Waals surface area (Å²) in [5.41, 5.74) is 5.16. The Balaban J connectivity index is 1.13. The van der Waals surface area contributed by atoms with Crippen molar-refractivity contribution in [2.45, 2.75) is 17.5 Å². The average molecular weight is 483 g/mol. The van der Waals surface area contributed by atoms with Crippen LogP contribution in [-0.4, -0.2) is 21.8 Å². The third kappa shape index (κ3) is 5.62. The smallest absolute Gasteiger partial charge is 0.291 e. The Morgan fingerprint density at radius 3 is 2.54 bits per heavy atom. The first-order valence-electron chi connectivity index (χ1n) is 11.0. The molecular weight excluding hydrogens is 460 g/mol. The third-order valence-electron chi connectivity index (χ3n) is 5.34. The van der Waals surface area contributed by atoms with Gasteiger partial charge in [-0.05, 0) is 59.7 Å². The van der Waals surface area contributed by atoms with E-state index in [4.69, 9.17) is 4.42 Å². The van der Waals surface area contributed by atoms with E-state index in [1.807, 2.05) is 66.7 Å². The fourth-order valence-electron chi connectivity index (χ4n) is 3.55. The number of imidazole rings is 1. The first-order valence-corrected chi connectivity index (χ1v) is 12.0. The second-order valence-electron chi connectivity index (χ2n) is 7.86. The molecule has 0 bridgehead atoms. The lowest BCUT2D eigenvalue weighted by Crippen LogP contribution is -2.22. The molecule has 174 valence electrons. The Kier molecular flexibility index (Phi) is 6.63. The van der Waals surface area contributed by atoms with Crippen molar-refractivity contribution in [1.29, 1.82) is 0 Å². The largest absolute Gasteiger partial charge is 0.459 e. The van der Waals surface area contributed by atoms with Crippen molar-refractivity contribution in [2.24, 2.45) is 0 Å². The quantitative estimate of drug-likeness (QED) is 0.249. The minimum absolute atomic E-state index is 0.161. The lowest BCUT2D eigenvalue weighted by molar-refractivity contribution is 0.0949. The van der Waals surface area contributed by atoms with Crippen LogP contribution >= 0.6 is 11.8 Å². The predicted octanol–water partition coefficient (Wildman–Crippen LogP) is 5.63. The van der Waals surface area contributed by atoms with E-state index in [9.17, 15) is 9.59 Å². The second kappa shape index (κ2) is 10.3. The van der Waals surface area contributed by atoms with E-state index in [1.54, 1.807) is 30.0 Å². The van der Waals surface area contributed by atoms with E-state index >= 15 is 0 Å². The minimum Gasteiger partial charge on any atom is -0.459 e. The maximum atomic E-state index is 12.6. The first-order chi connectivity index (χ1) is 17.1. The monoisotopic (exact) mass is 482 g/mol. The highest BCUT2D eigenvalue weighted by Crippen LogP contribution is 2.23. The molecule has 2 aromatic heterocycles. The number of rotatable bonds is 8. The number of aromatic nitrogens is 2. The van der Waals surface area contributed by atoms with Gasteiger partial charge >= 0.3 is 0 Å². The van der Waals surface area contributed by atoms with Crippen molar-refractivity contribution in [1.82, 2.24) is 15.3 Å². The zero-order chi connectivity index (χ0) is 24.0. The number of amides is 2. The van der Waals surface area contributed by atoms with Gasteiger partial charge in [-0.15, -0.1) is 0 Å². The zero-order valence-corrected chi connectivity index (χ0v) is 19.5. The van der Waals surface area contributed by atoms with Gasteiger partial charge in [0.2, 0.25) is 0 Å². The lowest BCUT2D eigenvalue weighted by Gasteiger charge is -2.09. The molecule has 7 nitrogen and oxygen atoms in total. The maximum absolute atomic E-state index is 12.6. The van der Waals surface area contributed by atoms with Gasteiger partial charge in [0.05, 0.1) is 17.3 Å². The average Bonchev–Trinajstić information content (AvgIpc) is 3.57. The van der Waals surface area contributed by atoms with Gasteiger partial charge in [0.25, 0.3) is 11.8 Å². The molecule has 0 aliphatic heterocycles. The van der Waals surface area contributed by atoms with Crippen molar-refractivity contribution in [3.05, 3.63) is 114 Å². The van der Waals surface area contributed by atoms with Crippen molar-refractivity contribution in [3.63, 3.8) is 0 Å². The van der Waals surface area contributed by atoms with Crippen LogP contribution in [0.5, 0.6) is 0 Å². The van der Waals surface area contributed by atoms with Crippen molar-refractivity contribution >= 4 is 40.3 Å². The number of furan rings is 1. The molecule has 5 rings (SSSR count). The van der Waals surface area contributed by atoms with Crippen LogP contribution in [-0.2, 0) is 12.3 Å². The number of anilines is 1. The molecule has 35 heavy (non-hydrogen) atoms. The molecular formula is C27H22N4O3S. The van der Waals surface area contributed by atoms with Gasteiger partial charge in [0, 0.05) is 23.5 Å². The number of hydrogen-bond acceptors (Lipinski definition) is 5. The number of benzene rings is 3. The summed E-state index contributed by atoms with van der Waals surface area (Å²) in [7, 11) is 0. The fraction of sp³-hybridized carbons (Fsp3) is 0.0741. The summed E-state index contributed by atoms with van der Waals surface area (Å²) in [6.45, 7) is 0.340. The van der Waals surface area contributed by atoms with Crippen LogP contribution in [0.1, 0.15) is 32.0 Å². The van der Waals surface area contributed by atoms with Crippen LogP contribution in [0.3, 0.4) is 0 Å². The Bertz CT molecular complexity index is 1430. The van der Waals surface area contributed by atoms with E-state index in [-0.39, 0.29) is 17.6 Å². The number of hydrogen-bond donors (Lipinski definition) is 3. The molecule has 3 N–H and O–H groups in total. The Morgan fingerprint density at radius 1 is 0.886 bits per heavy atom. The van der Waals surface area contributed by atoms with E-state index in [1.165, 1.54) is 6.26 Å². The Hall–Kier alpha value is -4.30. The molecule has 0 atom stereocenters. The molecule has 0 spiro atoms. The number of H-pyrrole nitrogens is 1. The van der Waals surface area contributed by atoms with Crippen molar-refractivity contribution < 1.29 is 14.0 Å². The van der Waals surface area contributed by atoms with Gasteiger partial charge in [0.15, 0.2) is 10.9 Å². The molecule has 2 amide bonds. The summed E-state index contributed by atoms with van der Waals surface area (Å²) >= 11 is 1.62. The van der Waals surface area contributed by atoms with Crippen LogP contribution in [0.2, 0.25) is 0 Å². The van der Waals surface area contributed by atoms with E-state index in [0.717, 1.165) is 33.1 Å². The number of fused-ring (bicyclic) bond motifs is 1. The van der Waals surface area contributed by atoms with Crippen LogP contribution in [0, 0.1) is 0 Å². The fourth-order valence-corrected chi connectivity index (χ4v) is 4.39. The van der Waals surface area contributed by atoms with E-state index < -0.39 is 0 Å². The number of thioether (sulfide) groups is 1. The van der Waals surface area contributed by atoms with Gasteiger partial charge in [-0.2, -0.15) is 0 Å². The predicted molar refractivity (Wildman–Crippen MR) is 136 cm³/mol. The number of nitrogens with one attached hydrogen (secondary N) is 3. The summed E-state index contributed by atoms with van der Waals surface area (Å²) in [6.07, 6.45) is 1.45. The summed E-state index contributed by atoms with van der Waals surface area (Å²) < 4.78 is 5.11. The van der Waals surface area contributed by atoms with Gasteiger partial charge in [0.1, 0.15) is 0 Å². The van der Waals surface area contributed by atoms with Gasteiger partial charge in [-0.1, -0.05) is 48.2 Å². The summed E-state index contributed by atoms with van der Waals surface area (Å²) in [4.78, 5) is 32.7. The molecule has 8 heteroatoms. The number of para-hydroxylation sites is 2. The zero-order valence-electron chi connectivity index (χ0n) is 18.7. The molecule has 0 radical (unpaired) electrons. The summed E-state index contributed by atoms with van der Waals surface area (Å²) in [5.74, 6) is 0.502. The molecule has 0 aliphatic rings. The number of carbonyl (C=O) groups is 2. The number of aromatic amines is 1. The first kappa shape index (κ1) is 22.5. The number of carbonyl (C=O) groups excluding carboxylic acids is 2. The van der Waals surface area contributed by atoms with Crippen molar-refractivity contribution in [2.75, 3.05) is 5.32 Å². The van der Waals surface area contributed by atoms with Crippen LogP contribution in [0.25, 0.3) is 11.0 Å². The Labute approximate surface area is 206 Å². The highest BCUT2D eigenvalue weighted by Gasteiger charge is 2.10. The third-order valence-corrected chi connectivity index (χ3v) is 6.29. The van der Waals surface area contributed by atoms with Gasteiger partial charge < -0.3 is 20.0 Å². The van der Waals surface area contributed by atoms with Crippen molar-refractivity contribution in [3.8, 4) is 0 Å². The lowest BCUT2D eigenvalue weighted by atomic mass is 10.1. The highest BCUT2D eigenvalue weighted by molar-refractivity contribution is 7.98. The number of nitrogens with zero attached hydrogens (tertiary/aromatic N) is 1. The van der Waals surface area contributed by atoms with Gasteiger partial charge in [-0.3, -0.25) is 9.59 Å². The maximum Gasteiger partial charge on any atom is 0.291 e. The highest BCUT2D eigenvalue weighted by atomic mass is 32.2. The van der Waals surface area contributed by atoms with E-state index in [0.29, 0.717) is 17.8 Å². The van der Waals surface area contributed by atoms with Crippen LogP contribution < -0.4 is 10.6 Å². The summed E-state index contributed by atoms with van der Waals surface area (Å²) in [5, 5.41) is 6.58. The summed E-state index contributed by atoms with van der Waals surface area (Å²) in [6, 6.07) is 26.1. The molecule has 2 heterocycles. The molecule has 0 saturated heterocycles. The minimum atomic E-state index is -0.324. The second-order valence-corrected chi connectivity index (χ2v) is 8.82. The molecule has 3 aromatic carbocycles. The molecule has 0 fully saturated rings. The van der Waals surface area contributed by atoms with E-state index in [2.05, 4.69) is 20.6 Å². The molecule has 0 saturated carbocycles. The Morgan fingerprint density at radius 2 is 1.74 bits per heavy atom. The molecule has 5 aromatic rings. The standard InChI is InChI=1S/C27H22N4O3S/c32-25(28-16-19-5-3-6-21(15-19)29-26(33)24-9-4-14-34-24)20-12-10-18(11-13-20)17-35-27-30-22-7-1-2-8-23(22)31-27/h1-15H,16-17H2,(H,28,32)(H,29,33)(H,30,31). The molecule has 0 unspecified atom stereocenters. The topological polar surface area (TPSA) is 100 Å². The van der Waals surface area contributed by atoms with Gasteiger partial charge in [-0.25, -0.2) is 4.98 Å².